The zero-order valence-corrected chi connectivity index (χ0v) is 23.2. The lowest BCUT2D eigenvalue weighted by molar-refractivity contribution is -0.127. The van der Waals surface area contributed by atoms with Crippen LogP contribution in [0.2, 0.25) is 0 Å². The van der Waals surface area contributed by atoms with Gasteiger partial charge in [0.1, 0.15) is 5.82 Å². The van der Waals surface area contributed by atoms with Gasteiger partial charge in [-0.25, -0.2) is 4.98 Å². The van der Waals surface area contributed by atoms with Gasteiger partial charge in [0.15, 0.2) is 0 Å². The molecule has 3 aromatic rings. The van der Waals surface area contributed by atoms with Gasteiger partial charge in [-0.2, -0.15) is 0 Å². The van der Waals surface area contributed by atoms with E-state index in [2.05, 4.69) is 35.4 Å². The van der Waals surface area contributed by atoms with Crippen LogP contribution in [0.1, 0.15) is 40.1 Å². The van der Waals surface area contributed by atoms with Gasteiger partial charge < -0.3 is 19.4 Å². The minimum atomic E-state index is 0.0472. The molecule has 9 heteroatoms. The fourth-order valence-electron chi connectivity index (χ4n) is 5.06. The number of ether oxygens (including phenoxy) is 1. The van der Waals surface area contributed by atoms with Crippen molar-refractivity contribution >= 4 is 51.6 Å². The number of anilines is 1. The number of aromatic nitrogens is 1. The number of thioether (sulfide) groups is 1. The first-order valence-corrected chi connectivity index (χ1v) is 15.1. The number of benzene rings is 1. The molecule has 4 heterocycles. The highest BCUT2D eigenvalue weighted by Gasteiger charge is 2.25. The summed E-state index contributed by atoms with van der Waals surface area (Å²) >= 11 is 3.20. The molecular formula is C28H34N4O3S2. The number of hydrogen-bond donors (Lipinski definition) is 0. The fourth-order valence-corrected chi connectivity index (χ4v) is 6.38. The number of thiophene rings is 1. The molecule has 2 saturated heterocycles. The molecule has 0 saturated carbocycles. The van der Waals surface area contributed by atoms with Crippen molar-refractivity contribution in [3.63, 3.8) is 0 Å². The van der Waals surface area contributed by atoms with Crippen LogP contribution in [0.4, 0.5) is 5.82 Å². The van der Waals surface area contributed by atoms with Crippen molar-refractivity contribution in [2.75, 3.05) is 57.1 Å². The SMILES string of the molecule is CSc1ccc2cc(CN(CCCN3CCCC3=O)C(=O)c3sccc3C)c(N3CCOCC3)nc2c1. The van der Waals surface area contributed by atoms with Crippen LogP contribution in [0.25, 0.3) is 10.9 Å². The second kappa shape index (κ2) is 11.8. The van der Waals surface area contributed by atoms with Crippen molar-refractivity contribution < 1.29 is 14.3 Å². The highest BCUT2D eigenvalue weighted by molar-refractivity contribution is 7.98. The maximum Gasteiger partial charge on any atom is 0.264 e. The lowest BCUT2D eigenvalue weighted by Crippen LogP contribution is -2.39. The molecule has 0 atom stereocenters. The summed E-state index contributed by atoms with van der Waals surface area (Å²) in [6.07, 6.45) is 4.40. The van der Waals surface area contributed by atoms with Crippen molar-refractivity contribution in [2.45, 2.75) is 37.6 Å². The van der Waals surface area contributed by atoms with Crippen molar-refractivity contribution in [2.24, 2.45) is 0 Å². The molecule has 2 aliphatic rings. The van der Waals surface area contributed by atoms with E-state index in [1.807, 2.05) is 28.2 Å². The molecule has 37 heavy (non-hydrogen) atoms. The monoisotopic (exact) mass is 538 g/mol. The number of nitrogens with zero attached hydrogens (tertiary/aromatic N) is 4. The summed E-state index contributed by atoms with van der Waals surface area (Å²) in [5.74, 6) is 1.21. The van der Waals surface area contributed by atoms with Gasteiger partial charge in [-0.3, -0.25) is 9.59 Å². The molecule has 7 nitrogen and oxygen atoms in total. The Morgan fingerprint density at radius 2 is 2.03 bits per heavy atom. The van der Waals surface area contributed by atoms with Gasteiger partial charge in [0.05, 0.1) is 23.6 Å². The van der Waals surface area contributed by atoms with Crippen molar-refractivity contribution in [1.82, 2.24) is 14.8 Å². The summed E-state index contributed by atoms with van der Waals surface area (Å²) < 4.78 is 5.61. The number of rotatable bonds is 9. The van der Waals surface area contributed by atoms with Crippen LogP contribution < -0.4 is 4.90 Å². The van der Waals surface area contributed by atoms with Gasteiger partial charge in [0, 0.05) is 61.5 Å². The number of aryl methyl sites for hydroxylation is 1. The van der Waals surface area contributed by atoms with Gasteiger partial charge >= 0.3 is 0 Å². The molecule has 0 unspecified atom stereocenters. The number of carbonyl (C=O) groups is 2. The molecule has 2 amide bonds. The van der Waals surface area contributed by atoms with Gasteiger partial charge in [0.25, 0.3) is 5.91 Å². The topological polar surface area (TPSA) is 66.0 Å². The van der Waals surface area contributed by atoms with E-state index in [1.54, 1.807) is 11.8 Å². The molecule has 1 aromatic carbocycles. The summed E-state index contributed by atoms with van der Waals surface area (Å²) in [6, 6.07) is 10.6. The largest absolute Gasteiger partial charge is 0.378 e. The van der Waals surface area contributed by atoms with Crippen molar-refractivity contribution in [1.29, 1.82) is 0 Å². The summed E-state index contributed by atoms with van der Waals surface area (Å²) in [5, 5.41) is 3.05. The standard InChI is InChI=1S/C28H34N4O3S2/c1-20-8-16-37-26(20)28(34)32(11-4-10-30-9-3-5-25(30)33)19-22-17-21-6-7-23(36-2)18-24(21)29-27(22)31-12-14-35-15-13-31/h6-8,16-18H,3-5,9-15,19H2,1-2H3. The maximum atomic E-state index is 13.8. The van der Waals surface area contributed by atoms with Crippen molar-refractivity contribution in [3.05, 3.63) is 51.7 Å². The maximum absolute atomic E-state index is 13.8. The van der Waals surface area contributed by atoms with E-state index in [0.717, 1.165) is 65.2 Å². The Hall–Kier alpha value is -2.62. The molecule has 0 bridgehead atoms. The van der Waals surface area contributed by atoms with Crippen LogP contribution in [0.5, 0.6) is 0 Å². The zero-order chi connectivity index (χ0) is 25.8. The molecular weight excluding hydrogens is 504 g/mol. The predicted octanol–water partition coefficient (Wildman–Crippen LogP) is 4.82. The second-order valence-corrected chi connectivity index (χ2v) is 11.4. The predicted molar refractivity (Wildman–Crippen MR) is 151 cm³/mol. The fraction of sp³-hybridized carbons (Fsp3) is 0.464. The first-order chi connectivity index (χ1) is 18.0. The van der Waals surface area contributed by atoms with Crippen LogP contribution >= 0.6 is 23.1 Å². The van der Waals surface area contributed by atoms with E-state index >= 15 is 0 Å². The molecule has 0 aliphatic carbocycles. The van der Waals surface area contributed by atoms with Crippen LogP contribution in [0, 0.1) is 6.92 Å². The summed E-state index contributed by atoms with van der Waals surface area (Å²) in [4.78, 5) is 39.1. The van der Waals surface area contributed by atoms with E-state index < -0.39 is 0 Å². The Morgan fingerprint density at radius 1 is 1.19 bits per heavy atom. The number of pyridine rings is 1. The summed E-state index contributed by atoms with van der Waals surface area (Å²) in [7, 11) is 0. The highest BCUT2D eigenvalue weighted by Crippen LogP contribution is 2.29. The molecule has 2 aromatic heterocycles. The lowest BCUT2D eigenvalue weighted by Gasteiger charge is -2.31. The minimum Gasteiger partial charge on any atom is -0.378 e. The summed E-state index contributed by atoms with van der Waals surface area (Å²) in [6.45, 7) is 7.47. The van der Waals surface area contributed by atoms with Crippen molar-refractivity contribution in [3.8, 4) is 0 Å². The van der Waals surface area contributed by atoms with Crippen LogP contribution in [0.3, 0.4) is 0 Å². The quantitative estimate of drug-likeness (QED) is 0.364. The molecule has 0 radical (unpaired) electrons. The first-order valence-electron chi connectivity index (χ1n) is 12.9. The lowest BCUT2D eigenvalue weighted by atomic mass is 10.1. The second-order valence-electron chi connectivity index (χ2n) is 9.63. The van der Waals surface area contributed by atoms with E-state index in [-0.39, 0.29) is 11.8 Å². The molecule has 5 rings (SSSR count). The average molecular weight is 539 g/mol. The van der Waals surface area contributed by atoms with Crippen LogP contribution in [-0.4, -0.2) is 78.8 Å². The molecule has 0 N–H and O–H groups in total. The Balaban J connectivity index is 1.46. The average Bonchev–Trinajstić information content (AvgIpc) is 3.54. The van der Waals surface area contributed by atoms with Gasteiger partial charge in [-0.05, 0) is 61.2 Å². The normalized spacial score (nSPS) is 16.1. The number of fused-ring (bicyclic) bond motifs is 1. The van der Waals surface area contributed by atoms with E-state index in [0.29, 0.717) is 39.3 Å². The van der Waals surface area contributed by atoms with Crippen LogP contribution in [-0.2, 0) is 16.1 Å². The van der Waals surface area contributed by atoms with E-state index in [9.17, 15) is 9.59 Å². The third-order valence-electron chi connectivity index (χ3n) is 7.12. The highest BCUT2D eigenvalue weighted by atomic mass is 32.2. The number of likely N-dealkylation sites (tertiary alicyclic amines) is 1. The number of amides is 2. The van der Waals surface area contributed by atoms with E-state index in [4.69, 9.17) is 9.72 Å². The number of morpholine rings is 1. The van der Waals surface area contributed by atoms with Crippen LogP contribution in [0.15, 0.2) is 40.6 Å². The van der Waals surface area contributed by atoms with E-state index in [1.165, 1.54) is 16.2 Å². The molecule has 196 valence electrons. The molecule has 0 spiro atoms. The van der Waals surface area contributed by atoms with Gasteiger partial charge in [0.2, 0.25) is 5.91 Å². The third-order valence-corrected chi connectivity index (χ3v) is 8.85. The Bertz CT molecular complexity index is 1270. The third kappa shape index (κ3) is 5.94. The number of hydrogen-bond acceptors (Lipinski definition) is 7. The summed E-state index contributed by atoms with van der Waals surface area (Å²) in [5.41, 5.74) is 3.02. The zero-order valence-electron chi connectivity index (χ0n) is 21.6. The Morgan fingerprint density at radius 3 is 2.73 bits per heavy atom. The van der Waals surface area contributed by atoms with Gasteiger partial charge in [-0.15, -0.1) is 23.1 Å². The smallest absolute Gasteiger partial charge is 0.264 e. The minimum absolute atomic E-state index is 0.0472. The Kier molecular flexibility index (Phi) is 8.32. The van der Waals surface area contributed by atoms with Gasteiger partial charge in [-0.1, -0.05) is 6.07 Å². The first kappa shape index (κ1) is 26.0. The number of carbonyl (C=O) groups excluding carboxylic acids is 2. The molecule has 2 fully saturated rings. The Labute approximate surface area is 226 Å². The molecule has 2 aliphatic heterocycles.